The summed E-state index contributed by atoms with van der Waals surface area (Å²) in [4.78, 5) is 11.7. The number of ether oxygens (including phenoxy) is 2. The van der Waals surface area contributed by atoms with Gasteiger partial charge in [0.2, 0.25) is 0 Å². The molecule has 19 heavy (non-hydrogen) atoms. The minimum Gasteiger partial charge on any atom is -0.454 e. The van der Waals surface area contributed by atoms with Crippen molar-refractivity contribution in [1.29, 1.82) is 0 Å². The third-order valence-corrected chi connectivity index (χ3v) is 4.65. The second kappa shape index (κ2) is 4.46. The van der Waals surface area contributed by atoms with Crippen molar-refractivity contribution in [2.75, 3.05) is 6.61 Å². The van der Waals surface area contributed by atoms with Crippen molar-refractivity contribution in [2.24, 2.45) is 5.92 Å². The molecule has 4 nitrogen and oxygen atoms in total. The van der Waals surface area contributed by atoms with E-state index in [1.807, 2.05) is 0 Å². The van der Waals surface area contributed by atoms with Gasteiger partial charge in [-0.15, -0.1) is 0 Å². The van der Waals surface area contributed by atoms with E-state index < -0.39 is 0 Å². The standard InChI is InChI=1S/C15H20O4/c1-9-3-4-13-15(8-16,19-13)6-5-11-10(2)14(17)18-12(11)7-9/h7,11-13,16H,2-6,8H2,1H3/b9-7-/t11-,12+,13+,15+/m0/s1. The van der Waals surface area contributed by atoms with E-state index in [-0.39, 0.29) is 36.3 Å². The van der Waals surface area contributed by atoms with Crippen molar-refractivity contribution in [3.63, 3.8) is 0 Å². The Balaban J connectivity index is 1.84. The molecule has 4 atom stereocenters. The van der Waals surface area contributed by atoms with Crippen LogP contribution in [-0.2, 0) is 14.3 Å². The lowest BCUT2D eigenvalue weighted by molar-refractivity contribution is -0.137. The van der Waals surface area contributed by atoms with E-state index >= 15 is 0 Å². The Bertz CT molecular complexity index is 453. The summed E-state index contributed by atoms with van der Waals surface area (Å²) in [6.07, 6.45) is 5.40. The van der Waals surface area contributed by atoms with E-state index in [2.05, 4.69) is 19.6 Å². The molecule has 2 fully saturated rings. The summed E-state index contributed by atoms with van der Waals surface area (Å²) < 4.78 is 11.1. The van der Waals surface area contributed by atoms with E-state index in [4.69, 9.17) is 9.47 Å². The Labute approximate surface area is 113 Å². The summed E-state index contributed by atoms with van der Waals surface area (Å²) in [6.45, 7) is 5.96. The number of epoxide rings is 1. The Hall–Kier alpha value is -1.13. The highest BCUT2D eigenvalue weighted by Crippen LogP contribution is 2.46. The number of aliphatic hydroxyl groups excluding tert-OH is 1. The van der Waals surface area contributed by atoms with Crippen LogP contribution < -0.4 is 0 Å². The van der Waals surface area contributed by atoms with Crippen molar-refractivity contribution in [2.45, 2.75) is 50.4 Å². The topological polar surface area (TPSA) is 59.1 Å². The third kappa shape index (κ3) is 2.13. The average molecular weight is 264 g/mol. The number of fused-ring (bicyclic) bond motifs is 2. The fourth-order valence-electron chi connectivity index (χ4n) is 3.25. The van der Waals surface area contributed by atoms with E-state index in [1.165, 1.54) is 5.57 Å². The van der Waals surface area contributed by atoms with Crippen LogP contribution in [0.1, 0.15) is 32.6 Å². The van der Waals surface area contributed by atoms with Crippen LogP contribution in [0.4, 0.5) is 0 Å². The van der Waals surface area contributed by atoms with Gasteiger partial charge in [0, 0.05) is 11.5 Å². The van der Waals surface area contributed by atoms with Gasteiger partial charge in [0.15, 0.2) is 0 Å². The zero-order valence-corrected chi connectivity index (χ0v) is 11.2. The van der Waals surface area contributed by atoms with Crippen LogP contribution in [0, 0.1) is 5.92 Å². The SMILES string of the molecule is C=C1C(=O)O[C@@H]2/C=C(/C)CC[C@H]3O[C@@]3(CO)CC[C@@H]12. The predicted octanol–water partition coefficient (Wildman–Crippen LogP) is 1.73. The van der Waals surface area contributed by atoms with E-state index in [9.17, 15) is 9.90 Å². The van der Waals surface area contributed by atoms with E-state index in [0.717, 1.165) is 25.7 Å². The second-order valence-electron chi connectivity index (χ2n) is 5.92. The molecule has 0 aromatic carbocycles. The summed E-state index contributed by atoms with van der Waals surface area (Å²) in [5, 5.41) is 9.53. The zero-order chi connectivity index (χ0) is 13.6. The summed E-state index contributed by atoms with van der Waals surface area (Å²) >= 11 is 0. The van der Waals surface area contributed by atoms with Crippen LogP contribution in [0.15, 0.2) is 23.8 Å². The summed E-state index contributed by atoms with van der Waals surface area (Å²) in [5.74, 6) is -0.265. The van der Waals surface area contributed by atoms with Crippen LogP contribution in [0.2, 0.25) is 0 Å². The predicted molar refractivity (Wildman–Crippen MR) is 69.4 cm³/mol. The van der Waals surface area contributed by atoms with Gasteiger partial charge < -0.3 is 14.6 Å². The highest BCUT2D eigenvalue weighted by Gasteiger charge is 2.56. The van der Waals surface area contributed by atoms with Gasteiger partial charge in [-0.2, -0.15) is 0 Å². The molecule has 3 aliphatic rings. The van der Waals surface area contributed by atoms with Gasteiger partial charge in [0.25, 0.3) is 0 Å². The van der Waals surface area contributed by atoms with Crippen molar-refractivity contribution in [3.05, 3.63) is 23.8 Å². The largest absolute Gasteiger partial charge is 0.454 e. The van der Waals surface area contributed by atoms with Gasteiger partial charge in [-0.25, -0.2) is 4.79 Å². The molecule has 0 amide bonds. The Kier molecular flexibility index (Phi) is 3.02. The lowest BCUT2D eigenvalue weighted by atomic mass is 9.84. The Morgan fingerprint density at radius 3 is 3.05 bits per heavy atom. The maximum atomic E-state index is 11.7. The van der Waals surface area contributed by atoms with Gasteiger partial charge >= 0.3 is 5.97 Å². The molecule has 2 heterocycles. The van der Waals surface area contributed by atoms with Crippen molar-refractivity contribution in [1.82, 2.24) is 0 Å². The van der Waals surface area contributed by atoms with Crippen molar-refractivity contribution in [3.8, 4) is 0 Å². The number of esters is 1. The molecule has 2 aliphatic heterocycles. The molecule has 0 radical (unpaired) electrons. The van der Waals surface area contributed by atoms with Gasteiger partial charge in [-0.05, 0) is 38.7 Å². The molecule has 0 aromatic rings. The van der Waals surface area contributed by atoms with Crippen LogP contribution in [0.5, 0.6) is 0 Å². The number of hydrogen-bond acceptors (Lipinski definition) is 4. The molecule has 1 aliphatic carbocycles. The highest BCUT2D eigenvalue weighted by molar-refractivity contribution is 5.91. The Morgan fingerprint density at radius 2 is 2.32 bits per heavy atom. The van der Waals surface area contributed by atoms with Crippen molar-refractivity contribution >= 4 is 5.97 Å². The maximum absolute atomic E-state index is 11.7. The van der Waals surface area contributed by atoms with Crippen molar-refractivity contribution < 1.29 is 19.4 Å². The lowest BCUT2D eigenvalue weighted by Gasteiger charge is -2.19. The number of rotatable bonds is 1. The van der Waals surface area contributed by atoms with Gasteiger partial charge in [0.1, 0.15) is 11.7 Å². The lowest BCUT2D eigenvalue weighted by Crippen LogP contribution is -2.25. The van der Waals surface area contributed by atoms with Gasteiger partial charge in [-0.3, -0.25) is 0 Å². The normalized spacial score (nSPS) is 44.7. The average Bonchev–Trinajstić information content (AvgIpc) is 3.03. The van der Waals surface area contributed by atoms with Crippen LogP contribution >= 0.6 is 0 Å². The first kappa shape index (κ1) is 12.9. The highest BCUT2D eigenvalue weighted by atomic mass is 16.6. The summed E-state index contributed by atoms with van der Waals surface area (Å²) in [5.41, 5.74) is 1.38. The van der Waals surface area contributed by atoms with Crippen LogP contribution in [-0.4, -0.2) is 35.5 Å². The summed E-state index contributed by atoms with van der Waals surface area (Å²) in [7, 11) is 0. The fraction of sp³-hybridized carbons (Fsp3) is 0.667. The molecule has 0 spiro atoms. The quantitative estimate of drug-likeness (QED) is 0.339. The third-order valence-electron chi connectivity index (χ3n) is 4.65. The summed E-state index contributed by atoms with van der Waals surface area (Å²) in [6, 6.07) is 0. The molecule has 0 bridgehead atoms. The zero-order valence-electron chi connectivity index (χ0n) is 11.2. The molecule has 1 N–H and O–H groups in total. The fourth-order valence-corrected chi connectivity index (χ4v) is 3.25. The minimum absolute atomic E-state index is 0.0221. The van der Waals surface area contributed by atoms with E-state index in [1.54, 1.807) is 0 Å². The Morgan fingerprint density at radius 1 is 1.53 bits per heavy atom. The number of carbonyl (C=O) groups is 1. The first-order chi connectivity index (χ1) is 9.05. The minimum atomic E-state index is -0.381. The monoisotopic (exact) mass is 264 g/mol. The van der Waals surface area contributed by atoms with Gasteiger partial charge in [-0.1, -0.05) is 12.2 Å². The molecule has 2 saturated heterocycles. The number of carbonyl (C=O) groups excluding carboxylic acids is 1. The molecular formula is C15H20O4. The molecular weight excluding hydrogens is 244 g/mol. The van der Waals surface area contributed by atoms with Crippen LogP contribution in [0.3, 0.4) is 0 Å². The maximum Gasteiger partial charge on any atom is 0.334 e. The smallest absolute Gasteiger partial charge is 0.334 e. The first-order valence-electron chi connectivity index (χ1n) is 6.91. The molecule has 0 unspecified atom stereocenters. The van der Waals surface area contributed by atoms with Gasteiger partial charge in [0.05, 0.1) is 12.7 Å². The second-order valence-corrected chi connectivity index (χ2v) is 5.92. The first-order valence-corrected chi connectivity index (χ1v) is 6.91. The van der Waals surface area contributed by atoms with Crippen LogP contribution in [0.25, 0.3) is 0 Å². The molecule has 4 heteroatoms. The number of hydrogen-bond donors (Lipinski definition) is 1. The molecule has 104 valence electrons. The number of allylic oxidation sites excluding steroid dienone is 1. The number of aliphatic hydroxyl groups is 1. The molecule has 3 rings (SSSR count). The molecule has 0 saturated carbocycles. The molecule has 0 aromatic heterocycles. The van der Waals surface area contributed by atoms with E-state index in [0.29, 0.717) is 5.57 Å².